The normalized spacial score (nSPS) is 11.1. The molecule has 1 rings (SSSR count). The monoisotopic (exact) mass is 362 g/mol. The van der Waals surface area contributed by atoms with Crippen LogP contribution in [-0.2, 0) is 0 Å². The third-order valence-electron chi connectivity index (χ3n) is 1.93. The van der Waals surface area contributed by atoms with Crippen molar-refractivity contribution in [2.75, 3.05) is 0 Å². The van der Waals surface area contributed by atoms with Gasteiger partial charge >= 0.3 is 6.61 Å². The second-order valence-electron chi connectivity index (χ2n) is 3.11. The lowest BCUT2D eigenvalue weighted by atomic mass is 10.1. The summed E-state index contributed by atoms with van der Waals surface area (Å²) in [6, 6.07) is 2.11. The second kappa shape index (κ2) is 5.65. The molecule has 2 nitrogen and oxygen atoms in total. The summed E-state index contributed by atoms with van der Waals surface area (Å²) >= 11 is 1.55. The van der Waals surface area contributed by atoms with Gasteiger partial charge in [0, 0.05) is 9.13 Å². The van der Waals surface area contributed by atoms with Crippen molar-refractivity contribution in [3.05, 3.63) is 26.8 Å². The predicted octanol–water partition coefficient (Wildman–Crippen LogP) is 4.03. The van der Waals surface area contributed by atoms with Crippen LogP contribution in [0.3, 0.4) is 0 Å². The van der Waals surface area contributed by atoms with Crippen LogP contribution in [0.1, 0.15) is 29.3 Å². The van der Waals surface area contributed by atoms with Gasteiger partial charge in [0.15, 0.2) is 5.78 Å². The van der Waals surface area contributed by atoms with Crippen LogP contribution in [0.25, 0.3) is 0 Å². The molecule has 0 aromatic heterocycles. The largest absolute Gasteiger partial charge is 0.434 e. The standard InChI is InChI=1S/C10H7F4IO2/c1-4(16)5-2-6(15)8(9(11)12)7(3-5)17-10(13)14/h2-3,9-10H,1H3. The number of Topliss-reactive ketones (excluding diaryl/α,β-unsaturated/α-hetero) is 1. The maximum Gasteiger partial charge on any atom is 0.387 e. The Kier molecular flexibility index (Phi) is 4.72. The zero-order chi connectivity index (χ0) is 13.2. The third-order valence-corrected chi connectivity index (χ3v) is 2.82. The van der Waals surface area contributed by atoms with Crippen LogP contribution < -0.4 is 4.74 Å². The number of benzene rings is 1. The summed E-state index contributed by atoms with van der Waals surface area (Å²) in [7, 11) is 0. The molecular weight excluding hydrogens is 355 g/mol. The Morgan fingerprint density at radius 2 is 1.88 bits per heavy atom. The van der Waals surface area contributed by atoms with E-state index in [0.29, 0.717) is 0 Å². The first kappa shape index (κ1) is 14.2. The molecular formula is C10H7F4IO2. The van der Waals surface area contributed by atoms with Gasteiger partial charge in [0.25, 0.3) is 6.43 Å². The summed E-state index contributed by atoms with van der Waals surface area (Å²) < 4.78 is 53.5. The number of halogens is 5. The van der Waals surface area contributed by atoms with E-state index in [2.05, 4.69) is 4.74 Å². The number of hydrogen-bond acceptors (Lipinski definition) is 2. The van der Waals surface area contributed by atoms with Gasteiger partial charge in [-0.1, -0.05) is 0 Å². The molecule has 0 atom stereocenters. The Hall–Kier alpha value is -0.860. The molecule has 0 bridgehead atoms. The molecule has 0 amide bonds. The highest BCUT2D eigenvalue weighted by Gasteiger charge is 2.22. The lowest BCUT2D eigenvalue weighted by Crippen LogP contribution is -2.08. The molecule has 0 saturated carbocycles. The van der Waals surface area contributed by atoms with Crippen molar-refractivity contribution < 1.29 is 27.1 Å². The predicted molar refractivity (Wildman–Crippen MR) is 60.8 cm³/mol. The van der Waals surface area contributed by atoms with Gasteiger partial charge in [0.2, 0.25) is 0 Å². The van der Waals surface area contributed by atoms with E-state index in [9.17, 15) is 22.4 Å². The van der Waals surface area contributed by atoms with Gasteiger partial charge < -0.3 is 4.74 Å². The van der Waals surface area contributed by atoms with Gasteiger partial charge in [-0.15, -0.1) is 0 Å². The van der Waals surface area contributed by atoms with E-state index in [4.69, 9.17) is 0 Å². The highest BCUT2D eigenvalue weighted by Crippen LogP contribution is 2.35. The molecule has 17 heavy (non-hydrogen) atoms. The first-order valence-corrected chi connectivity index (χ1v) is 5.48. The molecule has 0 N–H and O–H groups in total. The molecule has 0 fully saturated rings. The van der Waals surface area contributed by atoms with Crippen LogP contribution >= 0.6 is 22.6 Å². The van der Waals surface area contributed by atoms with Crippen molar-refractivity contribution in [2.24, 2.45) is 0 Å². The Morgan fingerprint density at radius 3 is 2.29 bits per heavy atom. The van der Waals surface area contributed by atoms with Crippen molar-refractivity contribution in [2.45, 2.75) is 20.0 Å². The second-order valence-corrected chi connectivity index (χ2v) is 4.27. The maximum absolute atomic E-state index is 12.7. The molecule has 94 valence electrons. The molecule has 0 unspecified atom stereocenters. The summed E-state index contributed by atoms with van der Waals surface area (Å²) in [4.78, 5) is 11.1. The van der Waals surface area contributed by atoms with Crippen LogP contribution in [0.2, 0.25) is 0 Å². The molecule has 0 aliphatic heterocycles. The topological polar surface area (TPSA) is 26.3 Å². The number of rotatable bonds is 4. The number of carbonyl (C=O) groups is 1. The zero-order valence-electron chi connectivity index (χ0n) is 8.52. The summed E-state index contributed by atoms with van der Waals surface area (Å²) in [5.74, 6) is -1.07. The van der Waals surface area contributed by atoms with Gasteiger partial charge in [-0.25, -0.2) is 8.78 Å². The van der Waals surface area contributed by atoms with Crippen LogP contribution in [0.15, 0.2) is 12.1 Å². The Labute approximate surface area is 108 Å². The first-order chi connectivity index (χ1) is 7.82. The van der Waals surface area contributed by atoms with E-state index < -0.39 is 30.1 Å². The van der Waals surface area contributed by atoms with E-state index in [1.54, 1.807) is 22.6 Å². The van der Waals surface area contributed by atoms with E-state index >= 15 is 0 Å². The fourth-order valence-electron chi connectivity index (χ4n) is 1.20. The van der Waals surface area contributed by atoms with E-state index in [1.165, 1.54) is 13.0 Å². The van der Waals surface area contributed by atoms with Gasteiger partial charge in [0.05, 0.1) is 5.56 Å². The Bertz CT molecular complexity index is 435. The number of carbonyl (C=O) groups excluding carboxylic acids is 1. The minimum atomic E-state index is -3.22. The van der Waals surface area contributed by atoms with Crippen molar-refractivity contribution in [1.29, 1.82) is 0 Å². The van der Waals surface area contributed by atoms with Crippen LogP contribution in [0, 0.1) is 3.57 Å². The van der Waals surface area contributed by atoms with Gasteiger partial charge in [-0.3, -0.25) is 4.79 Å². The van der Waals surface area contributed by atoms with Crippen LogP contribution in [-0.4, -0.2) is 12.4 Å². The van der Waals surface area contributed by atoms with Crippen molar-refractivity contribution in [1.82, 2.24) is 0 Å². The quantitative estimate of drug-likeness (QED) is 0.459. The average molecular weight is 362 g/mol. The highest BCUT2D eigenvalue weighted by atomic mass is 127. The molecule has 0 saturated heterocycles. The van der Waals surface area contributed by atoms with Crippen molar-refractivity contribution in [3.8, 4) is 5.75 Å². The smallest absolute Gasteiger partial charge is 0.387 e. The van der Waals surface area contributed by atoms with Crippen LogP contribution in [0.4, 0.5) is 17.6 Å². The molecule has 1 aromatic carbocycles. The highest BCUT2D eigenvalue weighted by molar-refractivity contribution is 14.1. The summed E-state index contributed by atoms with van der Waals surface area (Å²) in [5, 5.41) is 0. The summed E-state index contributed by atoms with van der Waals surface area (Å²) in [5.41, 5.74) is -0.578. The summed E-state index contributed by atoms with van der Waals surface area (Å²) in [6.07, 6.45) is -2.95. The first-order valence-electron chi connectivity index (χ1n) is 4.40. The number of hydrogen-bond donors (Lipinski definition) is 0. The molecule has 0 aliphatic carbocycles. The molecule has 0 radical (unpaired) electrons. The Balaban J connectivity index is 3.33. The Morgan fingerprint density at radius 1 is 1.29 bits per heavy atom. The van der Waals surface area contributed by atoms with Gasteiger partial charge in [-0.05, 0) is 41.6 Å². The van der Waals surface area contributed by atoms with E-state index in [1.807, 2.05) is 0 Å². The van der Waals surface area contributed by atoms with Crippen molar-refractivity contribution in [3.63, 3.8) is 0 Å². The lowest BCUT2D eigenvalue weighted by Gasteiger charge is -2.13. The fraction of sp³-hybridized carbons (Fsp3) is 0.300. The third kappa shape index (κ3) is 3.55. The average Bonchev–Trinajstić information content (AvgIpc) is 2.14. The SMILES string of the molecule is CC(=O)c1cc(I)c(C(F)F)c(OC(F)F)c1. The van der Waals surface area contributed by atoms with E-state index in [0.717, 1.165) is 6.07 Å². The van der Waals surface area contributed by atoms with E-state index in [-0.39, 0.29) is 9.13 Å². The molecule has 7 heteroatoms. The molecule has 0 spiro atoms. The van der Waals surface area contributed by atoms with Gasteiger partial charge in [-0.2, -0.15) is 8.78 Å². The number of ketones is 1. The van der Waals surface area contributed by atoms with Gasteiger partial charge in [0.1, 0.15) is 5.75 Å². The van der Waals surface area contributed by atoms with Crippen molar-refractivity contribution >= 4 is 28.4 Å². The molecule has 0 heterocycles. The zero-order valence-corrected chi connectivity index (χ0v) is 10.7. The number of ether oxygens (including phenoxy) is 1. The minimum Gasteiger partial charge on any atom is -0.434 e. The summed E-state index contributed by atoms with van der Waals surface area (Å²) in [6.45, 7) is -2.01. The molecule has 1 aromatic rings. The molecule has 0 aliphatic rings. The maximum atomic E-state index is 12.7. The van der Waals surface area contributed by atoms with Crippen LogP contribution in [0.5, 0.6) is 5.75 Å². The fourth-order valence-corrected chi connectivity index (χ4v) is 2.04. The number of alkyl halides is 4. The minimum absolute atomic E-state index is 0.0148. The lowest BCUT2D eigenvalue weighted by molar-refractivity contribution is -0.0520.